The van der Waals surface area contributed by atoms with Gasteiger partial charge in [0.15, 0.2) is 12.2 Å². The number of nitrogens with two attached hydrogens (primary N) is 1. The standard InChI is InChI=1S/C13H18BrN5O/c14-10-1-2-11(17-16-10)19-8-13(20-12(19)15)7-18-5-3-9(13)4-6-18/h1-2,9,12H,3-8,15H2. The van der Waals surface area contributed by atoms with Gasteiger partial charge in [-0.3, -0.25) is 5.73 Å². The van der Waals surface area contributed by atoms with Crippen LogP contribution in [0.15, 0.2) is 16.7 Å². The second-order valence-electron chi connectivity index (χ2n) is 5.97. The highest BCUT2D eigenvalue weighted by Gasteiger charge is 2.54. The molecule has 4 saturated heterocycles. The number of ether oxygens (including phenoxy) is 1. The van der Waals surface area contributed by atoms with E-state index in [2.05, 4.69) is 31.0 Å². The first kappa shape index (κ1) is 12.9. The van der Waals surface area contributed by atoms with Gasteiger partial charge in [0.05, 0.1) is 6.54 Å². The molecular formula is C13H18BrN5O. The number of rotatable bonds is 1. The second kappa shape index (κ2) is 4.62. The summed E-state index contributed by atoms with van der Waals surface area (Å²) in [5, 5.41) is 8.25. The zero-order chi connectivity index (χ0) is 13.7. The van der Waals surface area contributed by atoms with E-state index in [1.54, 1.807) is 0 Å². The summed E-state index contributed by atoms with van der Waals surface area (Å²) in [5.74, 6) is 1.40. The Morgan fingerprint density at radius 1 is 1.25 bits per heavy atom. The Balaban J connectivity index is 1.60. The van der Waals surface area contributed by atoms with Crippen molar-refractivity contribution in [2.45, 2.75) is 24.8 Å². The largest absolute Gasteiger partial charge is 0.335 e. The summed E-state index contributed by atoms with van der Waals surface area (Å²) >= 11 is 3.30. The van der Waals surface area contributed by atoms with Crippen LogP contribution in [0.4, 0.5) is 5.82 Å². The van der Waals surface area contributed by atoms with E-state index < -0.39 is 6.35 Å². The van der Waals surface area contributed by atoms with Crippen LogP contribution in [0.1, 0.15) is 12.8 Å². The summed E-state index contributed by atoms with van der Waals surface area (Å²) in [6.07, 6.45) is 2.00. The van der Waals surface area contributed by atoms with Gasteiger partial charge in [-0.15, -0.1) is 10.2 Å². The molecule has 1 spiro atoms. The monoisotopic (exact) mass is 339 g/mol. The average molecular weight is 340 g/mol. The topological polar surface area (TPSA) is 67.5 Å². The van der Waals surface area contributed by atoms with E-state index in [0.29, 0.717) is 5.92 Å². The van der Waals surface area contributed by atoms with Gasteiger partial charge in [0.25, 0.3) is 0 Å². The van der Waals surface area contributed by atoms with E-state index in [-0.39, 0.29) is 5.60 Å². The Hall–Kier alpha value is -0.760. The number of fused-ring (bicyclic) bond motifs is 2. The third-order valence-corrected chi connectivity index (χ3v) is 5.26. The van der Waals surface area contributed by atoms with Crippen LogP contribution in [-0.2, 0) is 4.74 Å². The number of hydrogen-bond acceptors (Lipinski definition) is 6. The fourth-order valence-corrected chi connectivity index (χ4v) is 4.04. The molecule has 1 aromatic rings. The minimum atomic E-state index is -0.425. The molecule has 7 heteroatoms. The SMILES string of the molecule is NC1OC2(CN3CCC2CC3)CN1c1ccc(Br)nn1. The number of hydrogen-bond donors (Lipinski definition) is 1. The summed E-state index contributed by atoms with van der Waals surface area (Å²) in [6.45, 7) is 4.20. The van der Waals surface area contributed by atoms with Crippen molar-refractivity contribution in [3.8, 4) is 0 Å². The van der Waals surface area contributed by atoms with E-state index >= 15 is 0 Å². The lowest BCUT2D eigenvalue weighted by Crippen LogP contribution is -2.61. The van der Waals surface area contributed by atoms with Crippen molar-refractivity contribution in [3.63, 3.8) is 0 Å². The number of nitrogens with zero attached hydrogens (tertiary/aromatic N) is 4. The molecule has 5 rings (SSSR count). The number of piperidine rings is 3. The fourth-order valence-electron chi connectivity index (χ4n) is 3.83. The lowest BCUT2D eigenvalue weighted by molar-refractivity contribution is -0.137. The number of aromatic nitrogens is 2. The van der Waals surface area contributed by atoms with Crippen molar-refractivity contribution >= 4 is 21.7 Å². The van der Waals surface area contributed by atoms with Crippen LogP contribution in [0.3, 0.4) is 0 Å². The Bertz CT molecular complexity index is 504. The molecule has 0 saturated carbocycles. The zero-order valence-corrected chi connectivity index (χ0v) is 12.8. The third-order valence-electron chi connectivity index (χ3n) is 4.84. The molecule has 2 atom stereocenters. The summed E-state index contributed by atoms with van der Waals surface area (Å²) in [6, 6.07) is 3.82. The van der Waals surface area contributed by atoms with Crippen LogP contribution in [0.5, 0.6) is 0 Å². The van der Waals surface area contributed by atoms with E-state index in [9.17, 15) is 0 Å². The maximum absolute atomic E-state index is 6.20. The molecular weight excluding hydrogens is 322 g/mol. The molecule has 0 amide bonds. The van der Waals surface area contributed by atoms with E-state index in [4.69, 9.17) is 10.5 Å². The second-order valence-corrected chi connectivity index (χ2v) is 6.78. The van der Waals surface area contributed by atoms with Gasteiger partial charge in [0, 0.05) is 6.54 Å². The molecule has 4 aliphatic heterocycles. The normalized spacial score (nSPS) is 39.7. The van der Waals surface area contributed by atoms with Gasteiger partial charge < -0.3 is 14.5 Å². The van der Waals surface area contributed by atoms with Crippen molar-refractivity contribution in [2.24, 2.45) is 11.7 Å². The molecule has 4 fully saturated rings. The molecule has 4 aliphatic rings. The quantitative estimate of drug-likeness (QED) is 0.815. The molecule has 0 aliphatic carbocycles. The Labute approximate surface area is 126 Å². The first-order chi connectivity index (χ1) is 9.66. The smallest absolute Gasteiger partial charge is 0.186 e. The number of halogens is 1. The van der Waals surface area contributed by atoms with Crippen LogP contribution in [0.2, 0.25) is 0 Å². The van der Waals surface area contributed by atoms with Crippen molar-refractivity contribution in [2.75, 3.05) is 31.1 Å². The van der Waals surface area contributed by atoms with Crippen molar-refractivity contribution in [1.82, 2.24) is 15.1 Å². The third kappa shape index (κ3) is 1.95. The zero-order valence-electron chi connectivity index (χ0n) is 11.2. The van der Waals surface area contributed by atoms with Gasteiger partial charge in [-0.1, -0.05) is 0 Å². The first-order valence-electron chi connectivity index (χ1n) is 7.08. The highest BCUT2D eigenvalue weighted by Crippen LogP contribution is 2.43. The fraction of sp³-hybridized carbons (Fsp3) is 0.692. The van der Waals surface area contributed by atoms with Gasteiger partial charge in [-0.25, -0.2) is 0 Å². The van der Waals surface area contributed by atoms with Crippen LogP contribution in [0, 0.1) is 5.92 Å². The predicted octanol–water partition coefficient (Wildman–Crippen LogP) is 0.782. The Morgan fingerprint density at radius 2 is 2.05 bits per heavy atom. The van der Waals surface area contributed by atoms with Gasteiger partial charge in [-0.2, -0.15) is 0 Å². The van der Waals surface area contributed by atoms with Crippen LogP contribution >= 0.6 is 15.9 Å². The van der Waals surface area contributed by atoms with E-state index in [1.165, 1.54) is 25.9 Å². The molecule has 5 heterocycles. The molecule has 6 nitrogen and oxygen atoms in total. The van der Waals surface area contributed by atoms with Crippen molar-refractivity contribution in [3.05, 3.63) is 16.7 Å². The van der Waals surface area contributed by atoms with E-state index in [0.717, 1.165) is 23.5 Å². The predicted molar refractivity (Wildman–Crippen MR) is 78.0 cm³/mol. The minimum absolute atomic E-state index is 0.120. The van der Waals surface area contributed by atoms with Crippen molar-refractivity contribution < 1.29 is 4.74 Å². The summed E-state index contributed by atoms with van der Waals surface area (Å²) in [4.78, 5) is 4.52. The maximum Gasteiger partial charge on any atom is 0.186 e. The lowest BCUT2D eigenvalue weighted by Gasteiger charge is -2.50. The summed E-state index contributed by atoms with van der Waals surface area (Å²) in [7, 11) is 0. The Kier molecular flexibility index (Phi) is 2.99. The van der Waals surface area contributed by atoms with Crippen molar-refractivity contribution in [1.29, 1.82) is 0 Å². The molecule has 2 unspecified atom stereocenters. The molecule has 0 aromatic carbocycles. The maximum atomic E-state index is 6.20. The molecule has 0 radical (unpaired) electrons. The van der Waals surface area contributed by atoms with Crippen LogP contribution in [0.25, 0.3) is 0 Å². The lowest BCUT2D eigenvalue weighted by atomic mass is 9.75. The highest BCUT2D eigenvalue weighted by atomic mass is 79.9. The molecule has 20 heavy (non-hydrogen) atoms. The van der Waals surface area contributed by atoms with Gasteiger partial charge in [0.2, 0.25) is 0 Å². The summed E-state index contributed by atoms with van der Waals surface area (Å²) < 4.78 is 6.93. The molecule has 2 N–H and O–H groups in total. The molecule has 1 aromatic heterocycles. The Morgan fingerprint density at radius 3 is 2.65 bits per heavy atom. The average Bonchev–Trinajstić information content (AvgIpc) is 2.77. The van der Waals surface area contributed by atoms with Gasteiger partial charge >= 0.3 is 0 Å². The van der Waals surface area contributed by atoms with Gasteiger partial charge in [-0.05, 0) is 59.9 Å². The van der Waals surface area contributed by atoms with Crippen LogP contribution < -0.4 is 10.6 Å². The minimum Gasteiger partial charge on any atom is -0.335 e. The van der Waals surface area contributed by atoms with Crippen LogP contribution in [-0.4, -0.2) is 53.2 Å². The molecule has 108 valence electrons. The number of anilines is 1. The first-order valence-corrected chi connectivity index (χ1v) is 7.87. The summed E-state index contributed by atoms with van der Waals surface area (Å²) in [5.41, 5.74) is 6.07. The van der Waals surface area contributed by atoms with Gasteiger partial charge in [0.1, 0.15) is 10.2 Å². The molecule has 2 bridgehead atoms. The van der Waals surface area contributed by atoms with E-state index in [1.807, 2.05) is 17.0 Å². The highest BCUT2D eigenvalue weighted by molar-refractivity contribution is 9.10.